The van der Waals surface area contributed by atoms with E-state index in [1.807, 2.05) is 0 Å². The SMILES string of the molecule is O=C(NCC1(C(=O)O)CCOCC1)C1CC1c1cc(F)ccc1F. The van der Waals surface area contributed by atoms with Gasteiger partial charge in [0.15, 0.2) is 0 Å². The van der Waals surface area contributed by atoms with Crippen molar-refractivity contribution in [2.45, 2.75) is 25.2 Å². The molecule has 1 amide bonds. The Balaban J connectivity index is 1.60. The molecule has 1 aliphatic heterocycles. The van der Waals surface area contributed by atoms with Crippen molar-refractivity contribution in [1.82, 2.24) is 5.32 Å². The third-order valence-electron chi connectivity index (χ3n) is 4.99. The Morgan fingerprint density at radius 2 is 2.00 bits per heavy atom. The lowest BCUT2D eigenvalue weighted by molar-refractivity contribution is -0.154. The average molecular weight is 339 g/mol. The highest BCUT2D eigenvalue weighted by Crippen LogP contribution is 2.48. The minimum absolute atomic E-state index is 0.0272. The van der Waals surface area contributed by atoms with Crippen LogP contribution < -0.4 is 5.32 Å². The van der Waals surface area contributed by atoms with Gasteiger partial charge in [0, 0.05) is 25.7 Å². The monoisotopic (exact) mass is 339 g/mol. The van der Waals surface area contributed by atoms with E-state index in [1.54, 1.807) is 0 Å². The number of aliphatic carboxylic acids is 1. The number of carboxylic acid groups (broad SMARTS) is 1. The van der Waals surface area contributed by atoms with Crippen LogP contribution >= 0.6 is 0 Å². The molecule has 1 saturated heterocycles. The second kappa shape index (κ2) is 6.47. The summed E-state index contributed by atoms with van der Waals surface area (Å²) in [4.78, 5) is 23.8. The van der Waals surface area contributed by atoms with E-state index in [1.165, 1.54) is 0 Å². The van der Waals surface area contributed by atoms with Crippen LogP contribution in [-0.2, 0) is 14.3 Å². The van der Waals surface area contributed by atoms with Crippen molar-refractivity contribution >= 4 is 11.9 Å². The first kappa shape index (κ1) is 16.8. The molecule has 2 N–H and O–H groups in total. The third kappa shape index (κ3) is 3.26. The topological polar surface area (TPSA) is 75.6 Å². The highest BCUT2D eigenvalue weighted by atomic mass is 19.1. The molecule has 24 heavy (non-hydrogen) atoms. The highest BCUT2D eigenvalue weighted by molar-refractivity contribution is 5.84. The van der Waals surface area contributed by atoms with Crippen LogP contribution in [0.2, 0.25) is 0 Å². The first-order chi connectivity index (χ1) is 11.4. The number of carbonyl (C=O) groups excluding carboxylic acids is 1. The van der Waals surface area contributed by atoms with Gasteiger partial charge in [-0.2, -0.15) is 0 Å². The number of nitrogens with one attached hydrogen (secondary N) is 1. The number of hydrogen-bond donors (Lipinski definition) is 2. The molecule has 2 fully saturated rings. The largest absolute Gasteiger partial charge is 0.481 e. The van der Waals surface area contributed by atoms with Crippen LogP contribution in [0.15, 0.2) is 18.2 Å². The summed E-state index contributed by atoms with van der Waals surface area (Å²) < 4.78 is 32.2. The lowest BCUT2D eigenvalue weighted by atomic mass is 9.80. The number of ether oxygens (including phenoxy) is 1. The summed E-state index contributed by atoms with van der Waals surface area (Å²) in [7, 11) is 0. The Labute approximate surface area is 138 Å². The Hall–Kier alpha value is -2.02. The number of benzene rings is 1. The van der Waals surface area contributed by atoms with Crippen LogP contribution in [0.5, 0.6) is 0 Å². The van der Waals surface area contributed by atoms with E-state index in [4.69, 9.17) is 4.74 Å². The van der Waals surface area contributed by atoms with Gasteiger partial charge in [0.2, 0.25) is 5.91 Å². The van der Waals surface area contributed by atoms with E-state index in [0.29, 0.717) is 32.5 Å². The van der Waals surface area contributed by atoms with Gasteiger partial charge in [-0.1, -0.05) is 0 Å². The van der Waals surface area contributed by atoms with Crippen LogP contribution in [0, 0.1) is 23.0 Å². The fourth-order valence-corrected chi connectivity index (χ4v) is 3.24. The summed E-state index contributed by atoms with van der Waals surface area (Å²) in [6.07, 6.45) is 1.12. The summed E-state index contributed by atoms with van der Waals surface area (Å²) in [5, 5.41) is 12.1. The summed E-state index contributed by atoms with van der Waals surface area (Å²) >= 11 is 0. The van der Waals surface area contributed by atoms with Crippen molar-refractivity contribution < 1.29 is 28.2 Å². The van der Waals surface area contributed by atoms with Crippen molar-refractivity contribution in [1.29, 1.82) is 0 Å². The van der Waals surface area contributed by atoms with Crippen molar-refractivity contribution in [2.75, 3.05) is 19.8 Å². The molecule has 2 aliphatic rings. The number of carboxylic acids is 1. The van der Waals surface area contributed by atoms with E-state index in [9.17, 15) is 23.5 Å². The minimum Gasteiger partial charge on any atom is -0.481 e. The standard InChI is InChI=1S/C17H19F2NO4/c18-10-1-2-14(19)12(7-10)11-8-13(11)15(21)20-9-17(16(22)23)3-5-24-6-4-17/h1-2,7,11,13H,3-6,8-9H2,(H,20,21)(H,22,23). The van der Waals surface area contributed by atoms with Crippen molar-refractivity contribution in [3.05, 3.63) is 35.4 Å². The molecule has 0 aromatic heterocycles. The number of amides is 1. The molecule has 0 bridgehead atoms. The molecular weight excluding hydrogens is 320 g/mol. The second-order valence-corrected chi connectivity index (χ2v) is 6.53. The molecule has 1 aliphatic carbocycles. The van der Waals surface area contributed by atoms with Crippen LogP contribution in [0.4, 0.5) is 8.78 Å². The molecule has 1 aromatic rings. The number of rotatable bonds is 5. The molecule has 5 nitrogen and oxygen atoms in total. The van der Waals surface area contributed by atoms with Gasteiger partial charge >= 0.3 is 5.97 Å². The predicted octanol–water partition coefficient (Wildman–Crippen LogP) is 2.07. The third-order valence-corrected chi connectivity index (χ3v) is 4.99. The molecule has 1 aromatic carbocycles. The van der Waals surface area contributed by atoms with E-state index in [2.05, 4.69) is 5.32 Å². The Bertz CT molecular complexity index is 658. The smallest absolute Gasteiger partial charge is 0.311 e. The van der Waals surface area contributed by atoms with Crippen LogP contribution in [0.1, 0.15) is 30.7 Å². The first-order valence-electron chi connectivity index (χ1n) is 7.97. The maximum atomic E-state index is 13.8. The lowest BCUT2D eigenvalue weighted by Crippen LogP contribution is -2.46. The van der Waals surface area contributed by atoms with E-state index in [-0.39, 0.29) is 23.9 Å². The Morgan fingerprint density at radius 1 is 1.29 bits per heavy atom. The lowest BCUT2D eigenvalue weighted by Gasteiger charge is -2.33. The summed E-state index contributed by atoms with van der Waals surface area (Å²) in [5.41, 5.74) is -0.809. The van der Waals surface area contributed by atoms with Gasteiger partial charge in [-0.15, -0.1) is 0 Å². The van der Waals surface area contributed by atoms with Crippen LogP contribution in [0.3, 0.4) is 0 Å². The highest BCUT2D eigenvalue weighted by Gasteiger charge is 2.47. The van der Waals surface area contributed by atoms with Crippen molar-refractivity contribution in [3.8, 4) is 0 Å². The van der Waals surface area contributed by atoms with Gasteiger partial charge < -0.3 is 15.2 Å². The molecule has 1 saturated carbocycles. The van der Waals surface area contributed by atoms with E-state index >= 15 is 0 Å². The maximum absolute atomic E-state index is 13.8. The van der Waals surface area contributed by atoms with Crippen molar-refractivity contribution in [3.63, 3.8) is 0 Å². The molecule has 2 atom stereocenters. The normalized spacial score (nSPS) is 25.1. The van der Waals surface area contributed by atoms with E-state index < -0.39 is 28.9 Å². The summed E-state index contributed by atoms with van der Waals surface area (Å²) in [5.74, 6) is -3.11. The Morgan fingerprint density at radius 3 is 2.67 bits per heavy atom. The number of hydrogen-bond acceptors (Lipinski definition) is 3. The molecular formula is C17H19F2NO4. The average Bonchev–Trinajstić information content (AvgIpc) is 3.36. The summed E-state index contributed by atoms with van der Waals surface area (Å²) in [6, 6.07) is 3.21. The maximum Gasteiger partial charge on any atom is 0.311 e. The van der Waals surface area contributed by atoms with Crippen LogP contribution in [0.25, 0.3) is 0 Å². The predicted molar refractivity (Wildman–Crippen MR) is 80.3 cm³/mol. The number of carbonyl (C=O) groups is 2. The fraction of sp³-hybridized carbons (Fsp3) is 0.529. The van der Waals surface area contributed by atoms with Gasteiger partial charge in [0.25, 0.3) is 0 Å². The molecule has 3 rings (SSSR count). The van der Waals surface area contributed by atoms with Crippen LogP contribution in [-0.4, -0.2) is 36.7 Å². The number of halogens is 2. The van der Waals surface area contributed by atoms with Gasteiger partial charge in [0.1, 0.15) is 11.6 Å². The fourth-order valence-electron chi connectivity index (χ4n) is 3.24. The van der Waals surface area contributed by atoms with Gasteiger partial charge in [-0.25, -0.2) is 8.78 Å². The second-order valence-electron chi connectivity index (χ2n) is 6.53. The molecule has 7 heteroatoms. The zero-order chi connectivity index (χ0) is 17.3. The summed E-state index contributed by atoms with van der Waals surface area (Å²) in [6.45, 7) is 0.727. The quantitative estimate of drug-likeness (QED) is 0.861. The van der Waals surface area contributed by atoms with Crippen molar-refractivity contribution in [2.24, 2.45) is 11.3 Å². The molecule has 2 unspecified atom stereocenters. The Kier molecular flexibility index (Phi) is 4.54. The molecule has 0 radical (unpaired) electrons. The van der Waals surface area contributed by atoms with E-state index in [0.717, 1.165) is 18.2 Å². The minimum atomic E-state index is -1.01. The van der Waals surface area contributed by atoms with Gasteiger partial charge in [-0.3, -0.25) is 9.59 Å². The zero-order valence-electron chi connectivity index (χ0n) is 13.1. The molecule has 0 spiro atoms. The first-order valence-corrected chi connectivity index (χ1v) is 7.97. The van der Waals surface area contributed by atoms with Gasteiger partial charge in [-0.05, 0) is 48.9 Å². The zero-order valence-corrected chi connectivity index (χ0v) is 13.1. The van der Waals surface area contributed by atoms with Gasteiger partial charge in [0.05, 0.1) is 5.41 Å². The molecule has 130 valence electrons. The molecule has 1 heterocycles.